The number of carbonyl (C=O) groups excluding carboxylic acids is 1. The first kappa shape index (κ1) is 16.1. The molecule has 0 aliphatic carbocycles. The van der Waals surface area contributed by atoms with Crippen molar-refractivity contribution in [3.8, 4) is 0 Å². The van der Waals surface area contributed by atoms with Gasteiger partial charge in [-0.3, -0.25) is 4.79 Å². The van der Waals surface area contributed by atoms with E-state index in [2.05, 4.69) is 13.8 Å². The first-order chi connectivity index (χ1) is 8.20. The highest BCUT2D eigenvalue weighted by molar-refractivity contribution is 5.86. The van der Waals surface area contributed by atoms with Crippen molar-refractivity contribution in [2.45, 2.75) is 39.5 Å². The lowest BCUT2D eigenvalue weighted by Gasteiger charge is -2.09. The van der Waals surface area contributed by atoms with Crippen LogP contribution in [0.2, 0.25) is 0 Å². The van der Waals surface area contributed by atoms with Crippen molar-refractivity contribution in [2.75, 3.05) is 26.4 Å². The van der Waals surface area contributed by atoms with Gasteiger partial charge in [-0.1, -0.05) is 26.7 Å². The first-order valence-electron chi connectivity index (χ1n) is 6.35. The highest BCUT2D eigenvalue weighted by atomic mass is 16.5. The normalized spacial score (nSPS) is 10.2. The Morgan fingerprint density at radius 3 is 1.88 bits per heavy atom. The van der Waals surface area contributed by atoms with Gasteiger partial charge in [-0.15, -0.1) is 0 Å². The molecule has 0 aliphatic rings. The molecule has 0 heterocycles. The molecular formula is C13H25NO3. The minimum absolute atomic E-state index is 0.426. The Balaban J connectivity index is 3.85. The lowest BCUT2D eigenvalue weighted by molar-refractivity contribution is -0.113. The number of hydrogen-bond acceptors (Lipinski definition) is 3. The van der Waals surface area contributed by atoms with E-state index in [1.165, 1.54) is 6.08 Å². The smallest absolute Gasteiger partial charge is 0.241 e. The summed E-state index contributed by atoms with van der Waals surface area (Å²) in [5.41, 5.74) is 5.94. The summed E-state index contributed by atoms with van der Waals surface area (Å²) in [5.74, 6) is -0.446. The van der Waals surface area contributed by atoms with E-state index in [0.29, 0.717) is 26.4 Å². The van der Waals surface area contributed by atoms with E-state index < -0.39 is 5.91 Å². The SMILES string of the molecule is CCCCOCC(=CC(N)=O)COCCCC. The first-order valence-corrected chi connectivity index (χ1v) is 6.35. The molecule has 2 N–H and O–H groups in total. The molecule has 0 unspecified atom stereocenters. The molecule has 17 heavy (non-hydrogen) atoms. The summed E-state index contributed by atoms with van der Waals surface area (Å²) in [7, 11) is 0. The van der Waals surface area contributed by atoms with Crippen LogP contribution in [0.4, 0.5) is 0 Å². The predicted octanol–water partition coefficient (Wildman–Crippen LogP) is 2.03. The molecule has 100 valence electrons. The maximum Gasteiger partial charge on any atom is 0.241 e. The van der Waals surface area contributed by atoms with Gasteiger partial charge in [0.2, 0.25) is 5.91 Å². The second-order valence-electron chi connectivity index (χ2n) is 4.02. The monoisotopic (exact) mass is 243 g/mol. The summed E-state index contributed by atoms with van der Waals surface area (Å²) in [6, 6.07) is 0. The van der Waals surface area contributed by atoms with E-state index in [1.807, 2.05) is 0 Å². The highest BCUT2D eigenvalue weighted by Gasteiger charge is 2.01. The van der Waals surface area contributed by atoms with Gasteiger partial charge >= 0.3 is 0 Å². The molecule has 1 amide bonds. The lowest BCUT2D eigenvalue weighted by Crippen LogP contribution is -2.13. The second kappa shape index (κ2) is 11.6. The zero-order valence-corrected chi connectivity index (χ0v) is 11.0. The van der Waals surface area contributed by atoms with Gasteiger partial charge in [0, 0.05) is 19.3 Å². The topological polar surface area (TPSA) is 61.5 Å². The summed E-state index contributed by atoms with van der Waals surface area (Å²) in [4.78, 5) is 10.8. The Morgan fingerprint density at radius 2 is 1.53 bits per heavy atom. The number of unbranched alkanes of at least 4 members (excludes halogenated alkanes) is 2. The van der Waals surface area contributed by atoms with Crippen molar-refractivity contribution < 1.29 is 14.3 Å². The van der Waals surface area contributed by atoms with Crippen molar-refractivity contribution in [1.82, 2.24) is 0 Å². The molecule has 0 atom stereocenters. The van der Waals surface area contributed by atoms with Gasteiger partial charge in [0.25, 0.3) is 0 Å². The third kappa shape index (κ3) is 11.4. The summed E-state index contributed by atoms with van der Waals surface area (Å²) >= 11 is 0. The van der Waals surface area contributed by atoms with Crippen molar-refractivity contribution in [2.24, 2.45) is 5.73 Å². The number of ether oxygens (including phenoxy) is 2. The summed E-state index contributed by atoms with van der Waals surface area (Å²) in [5, 5.41) is 0. The minimum Gasteiger partial charge on any atom is -0.377 e. The van der Waals surface area contributed by atoms with Gasteiger partial charge in [0.05, 0.1) is 13.2 Å². The van der Waals surface area contributed by atoms with Crippen molar-refractivity contribution in [3.63, 3.8) is 0 Å². The predicted molar refractivity (Wildman–Crippen MR) is 68.7 cm³/mol. The fraction of sp³-hybridized carbons (Fsp3) is 0.769. The second-order valence-corrected chi connectivity index (χ2v) is 4.02. The van der Waals surface area contributed by atoms with Crippen LogP contribution in [-0.2, 0) is 14.3 Å². The van der Waals surface area contributed by atoms with E-state index in [9.17, 15) is 4.79 Å². The molecule has 0 radical (unpaired) electrons. The van der Waals surface area contributed by atoms with Crippen LogP contribution >= 0.6 is 0 Å². The lowest BCUT2D eigenvalue weighted by atomic mass is 10.2. The van der Waals surface area contributed by atoms with Crippen molar-refractivity contribution in [3.05, 3.63) is 11.6 Å². The summed E-state index contributed by atoms with van der Waals surface area (Å²) in [6.07, 6.45) is 5.66. The number of hydrogen-bond donors (Lipinski definition) is 1. The van der Waals surface area contributed by atoms with Gasteiger partial charge < -0.3 is 15.2 Å². The Bertz CT molecular complexity index is 213. The van der Waals surface area contributed by atoms with Crippen molar-refractivity contribution in [1.29, 1.82) is 0 Å². The third-order valence-corrected chi connectivity index (χ3v) is 2.21. The van der Waals surface area contributed by atoms with Crippen LogP contribution in [0.3, 0.4) is 0 Å². The Kier molecular flexibility index (Phi) is 11.0. The van der Waals surface area contributed by atoms with E-state index in [0.717, 1.165) is 31.3 Å². The third-order valence-electron chi connectivity index (χ3n) is 2.21. The minimum atomic E-state index is -0.446. The van der Waals surface area contributed by atoms with Gasteiger partial charge in [0.1, 0.15) is 0 Å². The van der Waals surface area contributed by atoms with Crippen LogP contribution in [0.5, 0.6) is 0 Å². The molecule has 0 fully saturated rings. The molecular weight excluding hydrogens is 218 g/mol. The van der Waals surface area contributed by atoms with Crippen LogP contribution in [0.15, 0.2) is 11.6 Å². The van der Waals surface area contributed by atoms with Crippen LogP contribution < -0.4 is 5.73 Å². The molecule has 0 aliphatic heterocycles. The number of nitrogens with two attached hydrogens (primary N) is 1. The fourth-order valence-electron chi connectivity index (χ4n) is 1.23. The Hall–Kier alpha value is -0.870. The number of amides is 1. The highest BCUT2D eigenvalue weighted by Crippen LogP contribution is 2.00. The quantitative estimate of drug-likeness (QED) is 0.446. The van der Waals surface area contributed by atoms with E-state index in [-0.39, 0.29) is 0 Å². The van der Waals surface area contributed by atoms with Gasteiger partial charge in [-0.05, 0) is 18.4 Å². The largest absolute Gasteiger partial charge is 0.377 e. The average Bonchev–Trinajstić information content (AvgIpc) is 2.29. The molecule has 0 aromatic rings. The number of rotatable bonds is 11. The van der Waals surface area contributed by atoms with Gasteiger partial charge in [-0.2, -0.15) is 0 Å². The maximum absolute atomic E-state index is 10.8. The molecule has 0 saturated carbocycles. The maximum atomic E-state index is 10.8. The molecule has 4 heteroatoms. The van der Waals surface area contributed by atoms with Crippen LogP contribution in [0, 0.1) is 0 Å². The molecule has 4 nitrogen and oxygen atoms in total. The Morgan fingerprint density at radius 1 is 1.06 bits per heavy atom. The zero-order valence-electron chi connectivity index (χ0n) is 11.0. The van der Waals surface area contributed by atoms with Crippen molar-refractivity contribution >= 4 is 5.91 Å². The summed E-state index contributed by atoms with van der Waals surface area (Å²) < 4.78 is 10.9. The molecule has 0 bridgehead atoms. The van der Waals surface area contributed by atoms with Crippen LogP contribution in [0.1, 0.15) is 39.5 Å². The van der Waals surface area contributed by atoms with Gasteiger partial charge in [0.15, 0.2) is 0 Å². The molecule has 0 spiro atoms. The van der Waals surface area contributed by atoms with E-state index in [1.54, 1.807) is 0 Å². The molecule has 0 aromatic carbocycles. The fourth-order valence-corrected chi connectivity index (χ4v) is 1.23. The van der Waals surface area contributed by atoms with E-state index in [4.69, 9.17) is 15.2 Å². The van der Waals surface area contributed by atoms with E-state index >= 15 is 0 Å². The zero-order chi connectivity index (χ0) is 12.9. The number of carbonyl (C=O) groups is 1. The summed E-state index contributed by atoms with van der Waals surface area (Å²) in [6.45, 7) is 6.49. The molecule has 0 rings (SSSR count). The van der Waals surface area contributed by atoms with Crippen LogP contribution in [-0.4, -0.2) is 32.3 Å². The average molecular weight is 243 g/mol. The molecule has 0 saturated heterocycles. The van der Waals surface area contributed by atoms with Gasteiger partial charge in [-0.25, -0.2) is 0 Å². The Labute approximate surface area is 104 Å². The standard InChI is InChI=1S/C13H25NO3/c1-3-5-7-16-10-12(9-13(14)15)11-17-8-6-4-2/h9H,3-8,10-11H2,1-2H3,(H2,14,15). The number of primary amides is 1. The van der Waals surface area contributed by atoms with Crippen LogP contribution in [0.25, 0.3) is 0 Å². The molecule has 0 aromatic heterocycles.